The molecule has 3 heterocycles. The number of carbonyl (C=O) groups is 1. The average molecular weight is 387 g/mol. The van der Waals surface area contributed by atoms with E-state index in [-0.39, 0.29) is 12.5 Å². The number of rotatable bonds is 4. The Morgan fingerprint density at radius 2 is 2.07 bits per heavy atom. The Hall–Kier alpha value is -2.29. The first-order valence-corrected chi connectivity index (χ1v) is 10.6. The number of nitrogens with zero attached hydrogens (tertiary/aromatic N) is 2. The number of nitrogens with one attached hydrogen (secondary N) is 1. The molecule has 2 unspecified atom stereocenters. The third kappa shape index (κ3) is 3.24. The number of sulfonamides is 1. The molecular formula is C19H21N3O4S. The second kappa shape index (κ2) is 6.70. The van der Waals surface area contributed by atoms with Crippen LogP contribution in [-0.2, 0) is 38.2 Å². The Kier molecular flexibility index (Phi) is 4.49. The van der Waals surface area contributed by atoms with E-state index in [1.807, 2.05) is 42.5 Å². The molecule has 0 saturated carbocycles. The number of hydrogen-bond acceptors (Lipinski definition) is 5. The van der Waals surface area contributed by atoms with E-state index in [9.17, 15) is 13.2 Å². The molecule has 1 aromatic heterocycles. The molecule has 1 amide bonds. The van der Waals surface area contributed by atoms with Crippen LogP contribution < -0.4 is 5.32 Å². The highest BCUT2D eigenvalue weighted by Crippen LogP contribution is 2.47. The van der Waals surface area contributed by atoms with Gasteiger partial charge < -0.3 is 10.1 Å². The van der Waals surface area contributed by atoms with E-state index in [4.69, 9.17) is 4.74 Å². The zero-order chi connectivity index (χ0) is 19.1. The van der Waals surface area contributed by atoms with Gasteiger partial charge in [-0.1, -0.05) is 30.3 Å². The maximum Gasteiger partial charge on any atom is 0.249 e. The molecule has 2 aliphatic heterocycles. The third-order valence-electron chi connectivity index (χ3n) is 5.22. The van der Waals surface area contributed by atoms with Crippen LogP contribution in [0.5, 0.6) is 0 Å². The molecule has 1 spiro atoms. The molecule has 2 aliphatic rings. The average Bonchev–Trinajstić information content (AvgIpc) is 3.24. The van der Waals surface area contributed by atoms with Gasteiger partial charge in [-0.15, -0.1) is 0 Å². The summed E-state index contributed by atoms with van der Waals surface area (Å²) in [5.41, 5.74) is 1.82. The predicted molar refractivity (Wildman–Crippen MR) is 98.9 cm³/mol. The molecule has 4 rings (SSSR count). The predicted octanol–water partition coefficient (Wildman–Crippen LogP) is 1.16. The minimum absolute atomic E-state index is 0.165. The van der Waals surface area contributed by atoms with Crippen LogP contribution in [0.25, 0.3) is 0 Å². The van der Waals surface area contributed by atoms with E-state index < -0.39 is 21.7 Å². The lowest BCUT2D eigenvalue weighted by Crippen LogP contribution is -2.45. The van der Waals surface area contributed by atoms with Crippen molar-refractivity contribution in [3.8, 4) is 0 Å². The largest absolute Gasteiger partial charge is 0.366 e. The quantitative estimate of drug-likeness (QED) is 0.850. The number of hydrogen-bond donors (Lipinski definition) is 1. The van der Waals surface area contributed by atoms with Gasteiger partial charge in [0.05, 0.1) is 30.6 Å². The van der Waals surface area contributed by atoms with Crippen molar-refractivity contribution in [3.05, 3.63) is 65.5 Å². The van der Waals surface area contributed by atoms with Crippen molar-refractivity contribution in [2.24, 2.45) is 0 Å². The third-order valence-corrected chi connectivity index (χ3v) is 6.50. The number of pyridine rings is 1. The highest BCUT2D eigenvalue weighted by Gasteiger charge is 2.55. The van der Waals surface area contributed by atoms with Crippen LogP contribution in [0.3, 0.4) is 0 Å². The molecule has 0 radical (unpaired) electrons. The van der Waals surface area contributed by atoms with Crippen LogP contribution in [-0.4, -0.2) is 42.6 Å². The molecule has 2 aromatic rings. The number of ether oxygens (including phenoxy) is 1. The molecule has 0 aliphatic carbocycles. The van der Waals surface area contributed by atoms with Crippen molar-refractivity contribution in [1.82, 2.24) is 14.6 Å². The van der Waals surface area contributed by atoms with Crippen LogP contribution in [0.4, 0.5) is 0 Å². The normalized spacial score (nSPS) is 24.9. The first kappa shape index (κ1) is 18.1. The van der Waals surface area contributed by atoms with E-state index >= 15 is 0 Å². The number of aromatic nitrogens is 1. The van der Waals surface area contributed by atoms with Crippen molar-refractivity contribution >= 4 is 15.9 Å². The summed E-state index contributed by atoms with van der Waals surface area (Å²) in [5.74, 6) is -0.254. The van der Waals surface area contributed by atoms with Gasteiger partial charge in [-0.3, -0.25) is 9.78 Å². The lowest BCUT2D eigenvalue weighted by atomic mass is 9.88. The van der Waals surface area contributed by atoms with Crippen LogP contribution in [0.1, 0.15) is 23.2 Å². The van der Waals surface area contributed by atoms with Gasteiger partial charge in [-0.2, -0.15) is 4.31 Å². The fourth-order valence-corrected chi connectivity index (χ4v) is 5.21. The zero-order valence-electron chi connectivity index (χ0n) is 15.0. The van der Waals surface area contributed by atoms with Crippen molar-refractivity contribution < 1.29 is 17.9 Å². The SMILES string of the molecule is CS(=O)(=O)N1Cc2ccccc2C12COC(C(=O)NCc1ccccn1)C2. The van der Waals surface area contributed by atoms with Crippen molar-refractivity contribution in [2.45, 2.75) is 31.2 Å². The summed E-state index contributed by atoms with van der Waals surface area (Å²) in [6.07, 6.45) is 2.46. The van der Waals surface area contributed by atoms with E-state index in [0.717, 1.165) is 16.8 Å². The topological polar surface area (TPSA) is 88.6 Å². The Morgan fingerprint density at radius 1 is 1.30 bits per heavy atom. The smallest absolute Gasteiger partial charge is 0.249 e. The molecule has 7 nitrogen and oxygen atoms in total. The second-order valence-corrected chi connectivity index (χ2v) is 8.91. The molecule has 2 atom stereocenters. The number of fused-ring (bicyclic) bond motifs is 2. The maximum atomic E-state index is 12.6. The number of benzene rings is 1. The zero-order valence-corrected chi connectivity index (χ0v) is 15.8. The van der Waals surface area contributed by atoms with Gasteiger partial charge in [-0.05, 0) is 23.3 Å². The van der Waals surface area contributed by atoms with Gasteiger partial charge in [0.15, 0.2) is 0 Å². The standard InChI is InChI=1S/C19H21N3O4S/c1-27(24,25)22-12-14-6-2-3-8-16(14)19(22)10-17(26-13-19)18(23)21-11-15-7-4-5-9-20-15/h2-9,17H,10-13H2,1H3,(H,21,23). The first-order valence-electron chi connectivity index (χ1n) is 8.76. The van der Waals surface area contributed by atoms with E-state index in [0.29, 0.717) is 19.5 Å². The fraction of sp³-hybridized carbons (Fsp3) is 0.368. The van der Waals surface area contributed by atoms with E-state index in [1.54, 1.807) is 6.20 Å². The van der Waals surface area contributed by atoms with Crippen molar-refractivity contribution in [2.75, 3.05) is 12.9 Å². The fourth-order valence-electron chi connectivity index (χ4n) is 3.97. The number of amides is 1. The minimum Gasteiger partial charge on any atom is -0.366 e. The van der Waals surface area contributed by atoms with Crippen molar-refractivity contribution in [3.63, 3.8) is 0 Å². The van der Waals surface area contributed by atoms with E-state index in [1.165, 1.54) is 10.6 Å². The summed E-state index contributed by atoms with van der Waals surface area (Å²) < 4.78 is 32.1. The highest BCUT2D eigenvalue weighted by molar-refractivity contribution is 7.88. The molecule has 1 fully saturated rings. The van der Waals surface area contributed by atoms with Gasteiger partial charge in [0.1, 0.15) is 6.10 Å². The Balaban J connectivity index is 1.55. The molecule has 8 heteroatoms. The maximum absolute atomic E-state index is 12.6. The minimum atomic E-state index is -3.45. The van der Waals surface area contributed by atoms with Crippen LogP contribution in [0.2, 0.25) is 0 Å². The summed E-state index contributed by atoms with van der Waals surface area (Å²) in [6, 6.07) is 13.1. The molecule has 1 aromatic carbocycles. The Labute approximate surface area is 158 Å². The Bertz CT molecular complexity index is 964. The molecule has 1 saturated heterocycles. The summed E-state index contributed by atoms with van der Waals surface area (Å²) in [7, 11) is -3.45. The second-order valence-electron chi connectivity index (χ2n) is 7.00. The Morgan fingerprint density at radius 3 is 2.81 bits per heavy atom. The summed E-state index contributed by atoms with van der Waals surface area (Å²) in [6.45, 7) is 0.776. The van der Waals surface area contributed by atoms with Gasteiger partial charge >= 0.3 is 0 Å². The molecular weight excluding hydrogens is 366 g/mol. The molecule has 27 heavy (non-hydrogen) atoms. The lowest BCUT2D eigenvalue weighted by Gasteiger charge is -2.32. The summed E-state index contributed by atoms with van der Waals surface area (Å²) in [4.78, 5) is 16.8. The lowest BCUT2D eigenvalue weighted by molar-refractivity contribution is -0.130. The molecule has 1 N–H and O–H groups in total. The van der Waals surface area contributed by atoms with Gasteiger partial charge in [0, 0.05) is 19.2 Å². The monoisotopic (exact) mass is 387 g/mol. The highest BCUT2D eigenvalue weighted by atomic mass is 32.2. The number of carbonyl (C=O) groups excluding carboxylic acids is 1. The summed E-state index contributed by atoms with van der Waals surface area (Å²) >= 11 is 0. The van der Waals surface area contributed by atoms with Crippen LogP contribution in [0, 0.1) is 0 Å². The summed E-state index contributed by atoms with van der Waals surface area (Å²) in [5, 5.41) is 2.83. The van der Waals surface area contributed by atoms with Gasteiger partial charge in [0.2, 0.25) is 15.9 Å². The van der Waals surface area contributed by atoms with Crippen LogP contribution in [0.15, 0.2) is 48.7 Å². The van der Waals surface area contributed by atoms with Gasteiger partial charge in [-0.25, -0.2) is 8.42 Å². The van der Waals surface area contributed by atoms with Crippen molar-refractivity contribution in [1.29, 1.82) is 0 Å². The molecule has 0 bridgehead atoms. The van der Waals surface area contributed by atoms with E-state index in [2.05, 4.69) is 10.3 Å². The molecule has 142 valence electrons. The van der Waals surface area contributed by atoms with Gasteiger partial charge in [0.25, 0.3) is 0 Å². The van der Waals surface area contributed by atoms with Crippen LogP contribution >= 0.6 is 0 Å². The first-order chi connectivity index (χ1) is 12.9.